The molecule has 1 saturated heterocycles. The van der Waals surface area contributed by atoms with Gasteiger partial charge in [0.25, 0.3) is 0 Å². The van der Waals surface area contributed by atoms with Gasteiger partial charge in [0.2, 0.25) is 0 Å². The van der Waals surface area contributed by atoms with E-state index in [1.165, 1.54) is 0 Å². The Hall–Kier alpha value is -1.33. The molecule has 0 aliphatic carbocycles. The fraction of sp³-hybridized carbons (Fsp3) is 0.500. The van der Waals surface area contributed by atoms with E-state index in [1.807, 2.05) is 31.2 Å². The molecule has 3 rings (SSSR count). The predicted molar refractivity (Wildman–Crippen MR) is 84.2 cm³/mol. The van der Waals surface area contributed by atoms with Crippen molar-refractivity contribution in [1.82, 2.24) is 5.32 Å². The molecule has 1 aliphatic rings. The van der Waals surface area contributed by atoms with Crippen LogP contribution < -0.4 is 5.32 Å². The minimum Gasteiger partial charge on any atom is -0.459 e. The molecule has 5 heteroatoms. The zero-order chi connectivity index (χ0) is 15.0. The molecule has 1 aromatic carbocycles. The normalized spacial score (nSPS) is 25.2. The summed E-state index contributed by atoms with van der Waals surface area (Å²) in [7, 11) is -3.03. The molecule has 0 bridgehead atoms. The Kier molecular flexibility index (Phi) is 3.80. The molecule has 4 nitrogen and oxygen atoms in total. The third kappa shape index (κ3) is 2.72. The monoisotopic (exact) mass is 307 g/mol. The van der Waals surface area contributed by atoms with Crippen LogP contribution in [0.3, 0.4) is 0 Å². The van der Waals surface area contributed by atoms with Gasteiger partial charge >= 0.3 is 0 Å². The van der Waals surface area contributed by atoms with Crippen LogP contribution in [-0.2, 0) is 16.3 Å². The number of furan rings is 1. The summed E-state index contributed by atoms with van der Waals surface area (Å²) in [4.78, 5) is 0. The molecule has 1 fully saturated rings. The highest BCUT2D eigenvalue weighted by atomic mass is 32.2. The van der Waals surface area contributed by atoms with Crippen LogP contribution in [0.1, 0.15) is 37.6 Å². The Morgan fingerprint density at radius 1 is 1.24 bits per heavy atom. The summed E-state index contributed by atoms with van der Waals surface area (Å²) in [5.74, 6) is 1.14. The van der Waals surface area contributed by atoms with E-state index in [2.05, 4.69) is 12.2 Å². The molecular weight excluding hydrogens is 286 g/mol. The fourth-order valence-corrected chi connectivity index (χ4v) is 5.00. The Labute approximate surface area is 125 Å². The molecule has 0 amide bonds. The first-order chi connectivity index (χ1) is 10.0. The smallest absolute Gasteiger partial charge is 0.153 e. The van der Waals surface area contributed by atoms with Gasteiger partial charge in [0.1, 0.15) is 11.3 Å². The van der Waals surface area contributed by atoms with Crippen molar-refractivity contribution >= 4 is 20.8 Å². The summed E-state index contributed by atoms with van der Waals surface area (Å²) in [6, 6.07) is 7.67. The molecule has 0 spiro atoms. The lowest BCUT2D eigenvalue weighted by Crippen LogP contribution is -2.46. The number of nitrogens with one attached hydrogen (secondary N) is 1. The van der Waals surface area contributed by atoms with Gasteiger partial charge in [0.15, 0.2) is 9.84 Å². The van der Waals surface area contributed by atoms with Gasteiger partial charge in [-0.15, -0.1) is 0 Å². The maximum atomic E-state index is 12.1. The standard InChI is InChI=1S/C16H21NO3S/c1-3-11-9-21(18,19)10-14(17-11)16-12(4-2)13-7-5-6-8-15(13)20-16/h5-8,11,14,17H,3-4,9-10H2,1-2H3. The molecule has 114 valence electrons. The van der Waals surface area contributed by atoms with Gasteiger partial charge in [0, 0.05) is 17.0 Å². The molecule has 1 aliphatic heterocycles. The Morgan fingerprint density at radius 3 is 2.71 bits per heavy atom. The maximum Gasteiger partial charge on any atom is 0.153 e. The lowest BCUT2D eigenvalue weighted by atomic mass is 10.0. The summed E-state index contributed by atoms with van der Waals surface area (Å²) in [6.07, 6.45) is 1.64. The molecule has 1 N–H and O–H groups in total. The number of sulfone groups is 1. The number of fused-ring (bicyclic) bond motifs is 1. The number of aryl methyl sites for hydroxylation is 1. The molecule has 2 aromatic rings. The summed E-state index contributed by atoms with van der Waals surface area (Å²) < 4.78 is 30.3. The summed E-state index contributed by atoms with van der Waals surface area (Å²) in [5.41, 5.74) is 1.96. The molecule has 2 atom stereocenters. The van der Waals surface area contributed by atoms with Crippen LogP contribution >= 0.6 is 0 Å². The quantitative estimate of drug-likeness (QED) is 0.947. The summed E-state index contributed by atoms with van der Waals surface area (Å²) in [5, 5.41) is 4.53. The largest absolute Gasteiger partial charge is 0.459 e. The first kappa shape index (κ1) is 14.6. The molecule has 2 heterocycles. The lowest BCUT2D eigenvalue weighted by Gasteiger charge is -2.29. The average Bonchev–Trinajstić information content (AvgIpc) is 2.84. The van der Waals surface area contributed by atoms with Crippen molar-refractivity contribution in [2.24, 2.45) is 0 Å². The third-order valence-electron chi connectivity index (χ3n) is 4.20. The molecule has 0 saturated carbocycles. The second-order valence-electron chi connectivity index (χ2n) is 5.70. The second kappa shape index (κ2) is 5.46. The van der Waals surface area contributed by atoms with E-state index in [9.17, 15) is 8.42 Å². The highest BCUT2D eigenvalue weighted by molar-refractivity contribution is 7.91. The van der Waals surface area contributed by atoms with Gasteiger partial charge in [-0.2, -0.15) is 0 Å². The predicted octanol–water partition coefficient (Wildman–Crippen LogP) is 2.83. The number of hydrogen-bond donors (Lipinski definition) is 1. The van der Waals surface area contributed by atoms with Crippen LogP contribution in [0.2, 0.25) is 0 Å². The van der Waals surface area contributed by atoms with Crippen molar-refractivity contribution in [3.8, 4) is 0 Å². The molecule has 21 heavy (non-hydrogen) atoms. The summed E-state index contributed by atoms with van der Waals surface area (Å²) in [6.45, 7) is 4.09. The Bertz CT molecular complexity index is 748. The van der Waals surface area contributed by atoms with Gasteiger partial charge in [0.05, 0.1) is 17.5 Å². The highest BCUT2D eigenvalue weighted by Gasteiger charge is 2.34. The van der Waals surface area contributed by atoms with E-state index in [4.69, 9.17) is 4.42 Å². The zero-order valence-electron chi connectivity index (χ0n) is 12.4. The second-order valence-corrected chi connectivity index (χ2v) is 7.85. The molecule has 1 aromatic heterocycles. The van der Waals surface area contributed by atoms with E-state index < -0.39 is 9.84 Å². The number of para-hydroxylation sites is 1. The molecule has 0 radical (unpaired) electrons. The van der Waals surface area contributed by atoms with Gasteiger partial charge in [-0.3, -0.25) is 0 Å². The number of benzene rings is 1. The van der Waals surface area contributed by atoms with Crippen molar-refractivity contribution < 1.29 is 12.8 Å². The van der Waals surface area contributed by atoms with E-state index in [0.717, 1.165) is 35.1 Å². The van der Waals surface area contributed by atoms with E-state index in [1.54, 1.807) is 0 Å². The SMILES string of the molecule is CCc1c(C2CS(=O)(=O)CC(CC)N2)oc2ccccc12. The average molecular weight is 307 g/mol. The van der Waals surface area contributed by atoms with Gasteiger partial charge in [-0.05, 0) is 18.9 Å². The van der Waals surface area contributed by atoms with E-state index >= 15 is 0 Å². The summed E-state index contributed by atoms with van der Waals surface area (Å²) >= 11 is 0. The van der Waals surface area contributed by atoms with Crippen LogP contribution in [-0.4, -0.2) is 26.0 Å². The topological polar surface area (TPSA) is 59.3 Å². The minimum atomic E-state index is -3.03. The van der Waals surface area contributed by atoms with Crippen molar-refractivity contribution in [2.45, 2.75) is 38.8 Å². The lowest BCUT2D eigenvalue weighted by molar-refractivity contribution is 0.386. The van der Waals surface area contributed by atoms with Crippen LogP contribution in [0, 0.1) is 0 Å². The fourth-order valence-electron chi connectivity index (χ4n) is 3.16. The van der Waals surface area contributed by atoms with E-state index in [0.29, 0.717) is 0 Å². The van der Waals surface area contributed by atoms with Gasteiger partial charge in [-0.25, -0.2) is 8.42 Å². The zero-order valence-corrected chi connectivity index (χ0v) is 13.2. The Morgan fingerprint density at radius 2 is 2.00 bits per heavy atom. The van der Waals surface area contributed by atoms with Crippen LogP contribution in [0.4, 0.5) is 0 Å². The van der Waals surface area contributed by atoms with Crippen molar-refractivity contribution in [1.29, 1.82) is 0 Å². The maximum absolute atomic E-state index is 12.1. The van der Waals surface area contributed by atoms with Crippen LogP contribution in [0.15, 0.2) is 28.7 Å². The number of hydrogen-bond acceptors (Lipinski definition) is 4. The van der Waals surface area contributed by atoms with Gasteiger partial charge < -0.3 is 9.73 Å². The van der Waals surface area contributed by atoms with E-state index in [-0.39, 0.29) is 23.6 Å². The van der Waals surface area contributed by atoms with Crippen molar-refractivity contribution in [3.05, 3.63) is 35.6 Å². The highest BCUT2D eigenvalue weighted by Crippen LogP contribution is 2.33. The van der Waals surface area contributed by atoms with Gasteiger partial charge in [-0.1, -0.05) is 32.0 Å². The molecular formula is C16H21NO3S. The third-order valence-corrected chi connectivity index (χ3v) is 5.96. The van der Waals surface area contributed by atoms with Crippen LogP contribution in [0.5, 0.6) is 0 Å². The Balaban J connectivity index is 2.07. The number of rotatable bonds is 3. The first-order valence-corrected chi connectivity index (χ1v) is 9.33. The van der Waals surface area contributed by atoms with Crippen molar-refractivity contribution in [2.75, 3.05) is 11.5 Å². The minimum absolute atomic E-state index is 0.00617. The van der Waals surface area contributed by atoms with Crippen LogP contribution in [0.25, 0.3) is 11.0 Å². The van der Waals surface area contributed by atoms with Crippen molar-refractivity contribution in [3.63, 3.8) is 0 Å². The molecule has 2 unspecified atom stereocenters. The first-order valence-electron chi connectivity index (χ1n) is 7.50.